The molecule has 0 saturated carbocycles. The van der Waals surface area contributed by atoms with Crippen molar-refractivity contribution in [2.75, 3.05) is 13.7 Å². The number of esters is 1. The Balaban J connectivity index is 1.78. The van der Waals surface area contributed by atoms with Crippen LogP contribution in [0.5, 0.6) is 11.5 Å². The Morgan fingerprint density at radius 2 is 1.89 bits per heavy atom. The fourth-order valence-corrected chi connectivity index (χ4v) is 2.02. The average Bonchev–Trinajstić information content (AvgIpc) is 2.70. The summed E-state index contributed by atoms with van der Waals surface area (Å²) >= 11 is 0. The predicted molar refractivity (Wildman–Crippen MR) is 96.7 cm³/mol. The smallest absolute Gasteiger partial charge is 0.331 e. The number of hydrogen-bond donors (Lipinski definition) is 3. The van der Waals surface area contributed by atoms with E-state index in [4.69, 9.17) is 9.47 Å². The SMILES string of the molecule is COc1cc(/C=C/C(=O)OCC(=O)NNC(=O)c2ccccc2F)ccc1O. The molecule has 146 valence electrons. The Morgan fingerprint density at radius 3 is 2.61 bits per heavy atom. The lowest BCUT2D eigenvalue weighted by molar-refractivity contribution is -0.144. The van der Waals surface area contributed by atoms with Crippen molar-refractivity contribution in [3.8, 4) is 11.5 Å². The van der Waals surface area contributed by atoms with Crippen LogP contribution in [0.4, 0.5) is 4.39 Å². The molecule has 0 saturated heterocycles. The maximum atomic E-state index is 13.4. The van der Waals surface area contributed by atoms with Gasteiger partial charge in [0, 0.05) is 6.08 Å². The molecule has 0 heterocycles. The highest BCUT2D eigenvalue weighted by atomic mass is 19.1. The molecular weight excluding hydrogens is 371 g/mol. The average molecular weight is 388 g/mol. The van der Waals surface area contributed by atoms with Crippen LogP contribution in [0.3, 0.4) is 0 Å². The Morgan fingerprint density at radius 1 is 1.14 bits per heavy atom. The Labute approximate surface area is 159 Å². The van der Waals surface area contributed by atoms with E-state index in [0.29, 0.717) is 5.56 Å². The van der Waals surface area contributed by atoms with Gasteiger partial charge in [0.05, 0.1) is 12.7 Å². The second kappa shape index (κ2) is 9.72. The van der Waals surface area contributed by atoms with Crippen LogP contribution in [0.1, 0.15) is 15.9 Å². The maximum absolute atomic E-state index is 13.4. The maximum Gasteiger partial charge on any atom is 0.331 e. The molecule has 28 heavy (non-hydrogen) atoms. The molecule has 0 spiro atoms. The fraction of sp³-hybridized carbons (Fsp3) is 0.105. The minimum Gasteiger partial charge on any atom is -0.504 e. The van der Waals surface area contributed by atoms with E-state index in [1.165, 1.54) is 43.5 Å². The van der Waals surface area contributed by atoms with Crippen molar-refractivity contribution in [3.05, 3.63) is 65.5 Å². The number of ether oxygens (including phenoxy) is 2. The highest BCUT2D eigenvalue weighted by Crippen LogP contribution is 2.26. The zero-order valence-corrected chi connectivity index (χ0v) is 14.8. The predicted octanol–water partition coefficient (Wildman–Crippen LogP) is 1.56. The lowest BCUT2D eigenvalue weighted by atomic mass is 10.2. The van der Waals surface area contributed by atoms with Crippen molar-refractivity contribution in [2.24, 2.45) is 0 Å². The van der Waals surface area contributed by atoms with E-state index in [1.807, 2.05) is 10.9 Å². The number of hydrazine groups is 1. The lowest BCUT2D eigenvalue weighted by Gasteiger charge is -2.08. The molecule has 3 N–H and O–H groups in total. The van der Waals surface area contributed by atoms with E-state index in [0.717, 1.165) is 12.1 Å². The molecule has 0 aliphatic rings. The molecule has 0 atom stereocenters. The van der Waals surface area contributed by atoms with E-state index >= 15 is 0 Å². The van der Waals surface area contributed by atoms with Crippen molar-refractivity contribution in [1.29, 1.82) is 0 Å². The van der Waals surface area contributed by atoms with Crippen LogP contribution in [0.15, 0.2) is 48.5 Å². The van der Waals surface area contributed by atoms with Crippen LogP contribution in [-0.2, 0) is 14.3 Å². The molecule has 2 rings (SSSR count). The van der Waals surface area contributed by atoms with Crippen LogP contribution < -0.4 is 15.6 Å². The Kier molecular flexibility index (Phi) is 7.09. The van der Waals surface area contributed by atoms with Crippen molar-refractivity contribution in [1.82, 2.24) is 10.9 Å². The normalized spacial score (nSPS) is 10.4. The number of amides is 2. The first-order valence-corrected chi connectivity index (χ1v) is 7.96. The molecule has 0 bridgehead atoms. The standard InChI is InChI=1S/C19H17FN2O6/c1-27-16-10-12(6-8-15(16)23)7-9-18(25)28-11-17(24)21-22-19(26)13-4-2-3-5-14(13)20/h2-10,23H,11H2,1H3,(H,21,24)(H,22,26)/b9-7+. The van der Waals surface area contributed by atoms with Gasteiger partial charge in [-0.2, -0.15) is 0 Å². The summed E-state index contributed by atoms with van der Waals surface area (Å²) in [5.41, 5.74) is 4.34. The quantitative estimate of drug-likeness (QED) is 0.393. The molecule has 0 aromatic heterocycles. The minimum absolute atomic E-state index is 0.0451. The molecule has 2 aromatic carbocycles. The first-order valence-electron chi connectivity index (χ1n) is 7.96. The second-order valence-electron chi connectivity index (χ2n) is 5.35. The summed E-state index contributed by atoms with van der Waals surface area (Å²) in [5, 5.41) is 9.50. The van der Waals surface area contributed by atoms with E-state index in [9.17, 15) is 23.9 Å². The third-order valence-corrected chi connectivity index (χ3v) is 3.40. The number of rotatable bonds is 6. The molecular formula is C19H17FN2O6. The number of phenolic OH excluding ortho intramolecular Hbond substituents is 1. The summed E-state index contributed by atoms with van der Waals surface area (Å²) in [6.07, 6.45) is 2.49. The van der Waals surface area contributed by atoms with Gasteiger partial charge in [0.25, 0.3) is 11.8 Å². The summed E-state index contributed by atoms with van der Waals surface area (Å²) in [6, 6.07) is 9.70. The van der Waals surface area contributed by atoms with Crippen LogP contribution in [0.2, 0.25) is 0 Å². The van der Waals surface area contributed by atoms with Crippen LogP contribution in [0, 0.1) is 5.82 Å². The van der Waals surface area contributed by atoms with Gasteiger partial charge in [-0.05, 0) is 35.9 Å². The zero-order chi connectivity index (χ0) is 20.5. The molecule has 8 nitrogen and oxygen atoms in total. The number of phenols is 1. The van der Waals surface area contributed by atoms with Gasteiger partial charge in [-0.15, -0.1) is 0 Å². The monoisotopic (exact) mass is 388 g/mol. The molecule has 0 unspecified atom stereocenters. The number of carbonyl (C=O) groups excluding carboxylic acids is 3. The summed E-state index contributed by atoms with van der Waals surface area (Å²) in [6.45, 7) is -0.653. The fourth-order valence-electron chi connectivity index (χ4n) is 2.02. The molecule has 0 aliphatic carbocycles. The highest BCUT2D eigenvalue weighted by molar-refractivity contribution is 5.96. The number of nitrogens with one attached hydrogen (secondary N) is 2. The third kappa shape index (κ3) is 5.84. The number of methoxy groups -OCH3 is 1. The van der Waals surface area contributed by atoms with E-state index < -0.39 is 30.2 Å². The van der Waals surface area contributed by atoms with Crippen molar-refractivity contribution >= 4 is 23.9 Å². The minimum atomic E-state index is -0.848. The van der Waals surface area contributed by atoms with Crippen LogP contribution in [-0.4, -0.2) is 36.6 Å². The van der Waals surface area contributed by atoms with E-state index in [1.54, 1.807) is 6.07 Å². The first kappa shape index (κ1) is 20.4. The van der Waals surface area contributed by atoms with Gasteiger partial charge < -0.3 is 14.6 Å². The molecule has 0 fully saturated rings. The number of halogens is 1. The van der Waals surface area contributed by atoms with E-state index in [2.05, 4.69) is 0 Å². The molecule has 0 radical (unpaired) electrons. The number of benzene rings is 2. The van der Waals surface area contributed by atoms with Crippen LogP contribution >= 0.6 is 0 Å². The molecule has 2 amide bonds. The second-order valence-corrected chi connectivity index (χ2v) is 5.35. The Bertz CT molecular complexity index is 913. The van der Waals surface area contributed by atoms with Gasteiger partial charge in [0.15, 0.2) is 18.1 Å². The number of hydrogen-bond acceptors (Lipinski definition) is 6. The topological polar surface area (TPSA) is 114 Å². The third-order valence-electron chi connectivity index (χ3n) is 3.40. The largest absolute Gasteiger partial charge is 0.504 e. The zero-order valence-electron chi connectivity index (χ0n) is 14.8. The van der Waals surface area contributed by atoms with Gasteiger partial charge in [-0.1, -0.05) is 18.2 Å². The lowest BCUT2D eigenvalue weighted by Crippen LogP contribution is -2.43. The van der Waals surface area contributed by atoms with Gasteiger partial charge in [-0.25, -0.2) is 9.18 Å². The summed E-state index contributed by atoms with van der Waals surface area (Å²) in [7, 11) is 1.39. The van der Waals surface area contributed by atoms with Crippen LogP contribution in [0.25, 0.3) is 6.08 Å². The van der Waals surface area contributed by atoms with Crippen molar-refractivity contribution in [2.45, 2.75) is 0 Å². The summed E-state index contributed by atoms with van der Waals surface area (Å²) < 4.78 is 23.1. The van der Waals surface area contributed by atoms with Gasteiger partial charge in [-0.3, -0.25) is 20.4 Å². The van der Waals surface area contributed by atoms with E-state index in [-0.39, 0.29) is 17.1 Å². The number of carbonyl (C=O) groups is 3. The number of aromatic hydroxyl groups is 1. The van der Waals surface area contributed by atoms with Gasteiger partial charge >= 0.3 is 5.97 Å². The summed E-state index contributed by atoms with van der Waals surface area (Å²) in [4.78, 5) is 35.0. The highest BCUT2D eigenvalue weighted by Gasteiger charge is 2.12. The first-order chi connectivity index (χ1) is 13.4. The van der Waals surface area contributed by atoms with Gasteiger partial charge in [0.1, 0.15) is 5.82 Å². The molecule has 2 aromatic rings. The van der Waals surface area contributed by atoms with Crippen molar-refractivity contribution < 1.29 is 33.4 Å². The molecule has 9 heteroatoms. The molecule has 0 aliphatic heterocycles. The summed E-state index contributed by atoms with van der Waals surface area (Å²) in [5.74, 6) is -3.01. The van der Waals surface area contributed by atoms with Gasteiger partial charge in [0.2, 0.25) is 0 Å². The van der Waals surface area contributed by atoms with Crippen molar-refractivity contribution in [3.63, 3.8) is 0 Å². The Hall–Kier alpha value is -3.88.